The highest BCUT2D eigenvalue weighted by atomic mass is 32.2. The number of hydrogen-bond donors (Lipinski definition) is 2. The molecule has 3 N–H and O–H groups in total. The van der Waals surface area contributed by atoms with Crippen molar-refractivity contribution < 1.29 is 18.0 Å². The quantitative estimate of drug-likeness (QED) is 0.795. The van der Waals surface area contributed by atoms with E-state index in [1.54, 1.807) is 12.1 Å². The number of sulfone groups is 1. The van der Waals surface area contributed by atoms with Crippen molar-refractivity contribution in [2.24, 2.45) is 5.73 Å². The van der Waals surface area contributed by atoms with Gasteiger partial charge in [0.15, 0.2) is 9.84 Å². The Bertz CT molecular complexity index is 1020. The summed E-state index contributed by atoms with van der Waals surface area (Å²) in [5.41, 5.74) is 7.60. The molecule has 2 amide bonds. The van der Waals surface area contributed by atoms with E-state index in [9.17, 15) is 18.0 Å². The Labute approximate surface area is 164 Å². The number of nitrogens with one attached hydrogen (secondary N) is 1. The van der Waals surface area contributed by atoms with Crippen LogP contribution in [0.2, 0.25) is 0 Å². The lowest BCUT2D eigenvalue weighted by Gasteiger charge is -2.39. The molecule has 7 nitrogen and oxygen atoms in total. The Hall–Kier alpha value is -2.87. The van der Waals surface area contributed by atoms with Gasteiger partial charge in [0, 0.05) is 23.7 Å². The van der Waals surface area contributed by atoms with E-state index in [1.807, 2.05) is 36.1 Å². The highest BCUT2D eigenvalue weighted by molar-refractivity contribution is 7.90. The maximum absolute atomic E-state index is 12.6. The highest BCUT2D eigenvalue weighted by Crippen LogP contribution is 2.38. The minimum absolute atomic E-state index is 0.0551. The van der Waals surface area contributed by atoms with Crippen molar-refractivity contribution in [3.8, 4) is 0 Å². The summed E-state index contributed by atoms with van der Waals surface area (Å²) < 4.78 is 23.4. The Balaban J connectivity index is 1.80. The molecule has 0 bridgehead atoms. The van der Waals surface area contributed by atoms with Crippen molar-refractivity contribution in [1.82, 2.24) is 0 Å². The van der Waals surface area contributed by atoms with Crippen LogP contribution in [0.1, 0.15) is 24.8 Å². The maximum atomic E-state index is 12.6. The van der Waals surface area contributed by atoms with Crippen molar-refractivity contribution in [3.63, 3.8) is 0 Å². The summed E-state index contributed by atoms with van der Waals surface area (Å²) in [6, 6.07) is 13.5. The van der Waals surface area contributed by atoms with Crippen molar-refractivity contribution in [1.29, 1.82) is 0 Å². The van der Waals surface area contributed by atoms with E-state index in [-0.39, 0.29) is 35.2 Å². The monoisotopic (exact) mass is 401 g/mol. The van der Waals surface area contributed by atoms with Gasteiger partial charge in [-0.3, -0.25) is 9.59 Å². The number of fused-ring (bicyclic) bond motifs is 1. The van der Waals surface area contributed by atoms with Crippen molar-refractivity contribution in [2.75, 3.05) is 23.0 Å². The third-order valence-corrected chi connectivity index (χ3v) is 6.04. The van der Waals surface area contributed by atoms with Gasteiger partial charge in [0.05, 0.1) is 17.4 Å². The molecule has 0 aromatic heterocycles. The van der Waals surface area contributed by atoms with Crippen LogP contribution in [-0.2, 0) is 19.4 Å². The summed E-state index contributed by atoms with van der Waals surface area (Å²) >= 11 is 0. The molecule has 0 unspecified atom stereocenters. The van der Waals surface area contributed by atoms with Crippen LogP contribution >= 0.6 is 0 Å². The first-order chi connectivity index (χ1) is 13.2. The van der Waals surface area contributed by atoms with Crippen LogP contribution in [0.5, 0.6) is 0 Å². The second kappa shape index (κ2) is 7.63. The predicted octanol–water partition coefficient (Wildman–Crippen LogP) is 1.90. The molecule has 28 heavy (non-hydrogen) atoms. The van der Waals surface area contributed by atoms with Gasteiger partial charge in [0.2, 0.25) is 11.8 Å². The molecule has 2 aromatic rings. The minimum atomic E-state index is -3.36. The van der Waals surface area contributed by atoms with E-state index in [0.717, 1.165) is 17.5 Å². The Kier molecular flexibility index (Phi) is 5.42. The topological polar surface area (TPSA) is 110 Å². The molecule has 2 aromatic carbocycles. The van der Waals surface area contributed by atoms with E-state index in [4.69, 9.17) is 5.73 Å². The molecule has 0 saturated heterocycles. The standard InChI is InChI=1S/C20H23N3O4S/c1-13-10-17(20(21)25)16-8-3-4-9-18(16)23(13)12-19(24)22-14-6-5-7-15(11-14)28(2,26)27/h3-9,11,13,17H,10,12H2,1-2H3,(H2,21,25)(H,22,24)/t13-,17+/m0/s1. The van der Waals surface area contributed by atoms with Crippen molar-refractivity contribution >= 4 is 33.0 Å². The lowest BCUT2D eigenvalue weighted by Crippen LogP contribution is -2.45. The Morgan fingerprint density at radius 2 is 1.89 bits per heavy atom. The average molecular weight is 401 g/mol. The third kappa shape index (κ3) is 4.17. The van der Waals surface area contributed by atoms with Gasteiger partial charge in [-0.2, -0.15) is 0 Å². The molecule has 1 aliphatic rings. The fourth-order valence-corrected chi connectivity index (χ4v) is 4.21. The smallest absolute Gasteiger partial charge is 0.243 e. The number of anilines is 2. The van der Waals surface area contributed by atoms with Crippen LogP contribution in [0.4, 0.5) is 11.4 Å². The molecule has 0 fully saturated rings. The van der Waals surface area contributed by atoms with Crippen LogP contribution in [0.3, 0.4) is 0 Å². The fraction of sp³-hybridized carbons (Fsp3) is 0.300. The molecular weight excluding hydrogens is 378 g/mol. The van der Waals surface area contributed by atoms with Gasteiger partial charge in [-0.05, 0) is 43.2 Å². The van der Waals surface area contributed by atoms with Gasteiger partial charge in [0.1, 0.15) is 0 Å². The summed E-state index contributed by atoms with van der Waals surface area (Å²) in [4.78, 5) is 26.5. The zero-order chi connectivity index (χ0) is 20.5. The number of hydrogen-bond acceptors (Lipinski definition) is 5. The first-order valence-corrected chi connectivity index (χ1v) is 10.8. The largest absolute Gasteiger partial charge is 0.369 e. The number of nitrogens with zero attached hydrogens (tertiary/aromatic N) is 1. The lowest BCUT2D eigenvalue weighted by atomic mass is 9.85. The molecule has 0 radical (unpaired) electrons. The molecule has 3 rings (SSSR count). The van der Waals surface area contributed by atoms with Gasteiger partial charge >= 0.3 is 0 Å². The summed E-state index contributed by atoms with van der Waals surface area (Å²) in [7, 11) is -3.36. The average Bonchev–Trinajstić information content (AvgIpc) is 2.63. The van der Waals surface area contributed by atoms with E-state index in [2.05, 4.69) is 5.32 Å². The van der Waals surface area contributed by atoms with Crippen LogP contribution in [0.15, 0.2) is 53.4 Å². The number of para-hydroxylation sites is 1. The molecule has 148 valence electrons. The molecule has 2 atom stereocenters. The predicted molar refractivity (Wildman–Crippen MR) is 108 cm³/mol. The number of rotatable bonds is 5. The summed E-state index contributed by atoms with van der Waals surface area (Å²) in [6.07, 6.45) is 1.65. The molecule has 0 spiro atoms. The van der Waals surface area contributed by atoms with Crippen molar-refractivity contribution in [2.45, 2.75) is 30.2 Å². The number of primary amides is 1. The Morgan fingerprint density at radius 1 is 1.18 bits per heavy atom. The van der Waals surface area contributed by atoms with Crippen LogP contribution in [0.25, 0.3) is 0 Å². The van der Waals surface area contributed by atoms with Gasteiger partial charge in [0.25, 0.3) is 0 Å². The fourth-order valence-electron chi connectivity index (χ4n) is 3.55. The number of nitrogens with two attached hydrogens (primary N) is 1. The number of amides is 2. The van der Waals surface area contributed by atoms with E-state index < -0.39 is 9.84 Å². The Morgan fingerprint density at radius 3 is 2.57 bits per heavy atom. The number of carbonyl (C=O) groups excluding carboxylic acids is 2. The zero-order valence-electron chi connectivity index (χ0n) is 15.8. The van der Waals surface area contributed by atoms with Crippen LogP contribution < -0.4 is 16.0 Å². The first kappa shape index (κ1) is 19.9. The minimum Gasteiger partial charge on any atom is -0.369 e. The van der Waals surface area contributed by atoms with Gasteiger partial charge in [-0.15, -0.1) is 0 Å². The van der Waals surface area contributed by atoms with Crippen molar-refractivity contribution in [3.05, 3.63) is 54.1 Å². The van der Waals surface area contributed by atoms with E-state index in [0.29, 0.717) is 12.1 Å². The summed E-state index contributed by atoms with van der Waals surface area (Å²) in [5.74, 6) is -1.03. The highest BCUT2D eigenvalue weighted by Gasteiger charge is 2.33. The molecule has 8 heteroatoms. The molecule has 1 aliphatic heterocycles. The summed E-state index contributed by atoms with van der Waals surface area (Å²) in [5, 5.41) is 2.75. The molecule has 1 heterocycles. The zero-order valence-corrected chi connectivity index (χ0v) is 16.6. The molecular formula is C20H23N3O4S. The second-order valence-corrected chi connectivity index (χ2v) is 9.09. The van der Waals surface area contributed by atoms with E-state index >= 15 is 0 Å². The summed E-state index contributed by atoms with van der Waals surface area (Å²) in [6.45, 7) is 2.02. The van der Waals surface area contributed by atoms with Gasteiger partial charge in [-0.1, -0.05) is 24.3 Å². The number of benzene rings is 2. The second-order valence-electron chi connectivity index (χ2n) is 7.07. The van der Waals surface area contributed by atoms with Gasteiger partial charge < -0.3 is 16.0 Å². The van der Waals surface area contributed by atoms with Crippen LogP contribution in [-0.4, -0.2) is 39.1 Å². The van der Waals surface area contributed by atoms with Crippen LogP contribution in [0, 0.1) is 0 Å². The van der Waals surface area contributed by atoms with Gasteiger partial charge in [-0.25, -0.2) is 8.42 Å². The third-order valence-electron chi connectivity index (χ3n) is 4.93. The lowest BCUT2D eigenvalue weighted by molar-refractivity contribution is -0.119. The molecule has 0 saturated carbocycles. The normalized spacial score (nSPS) is 19.0. The SMILES string of the molecule is C[C@H]1C[C@@H](C(N)=O)c2ccccc2N1CC(=O)Nc1cccc(S(C)(=O)=O)c1. The first-order valence-electron chi connectivity index (χ1n) is 8.91. The number of carbonyl (C=O) groups is 2. The maximum Gasteiger partial charge on any atom is 0.243 e. The van der Waals surface area contributed by atoms with E-state index in [1.165, 1.54) is 12.1 Å². The molecule has 0 aliphatic carbocycles.